The molecule has 172 valence electrons. The van der Waals surface area contributed by atoms with Crippen molar-refractivity contribution in [1.29, 1.82) is 5.26 Å². The summed E-state index contributed by atoms with van der Waals surface area (Å²) in [7, 11) is 0. The molecule has 0 aliphatic carbocycles. The standard InChI is InChI=1S/C22H19F4N5O2/c23-14-7-9-15(10-8-14)31-21(28)16(12-27)18(30-31)5-3-11-29-20(32)13-33-19-6-2-1-4-17(19)22(24,25)26/h1-2,4,6-10H,3,5,11,13,28H2,(H,29,32). The van der Waals surface area contributed by atoms with Crippen molar-refractivity contribution in [2.45, 2.75) is 19.0 Å². The molecule has 0 unspecified atom stereocenters. The van der Waals surface area contributed by atoms with Crippen molar-refractivity contribution < 1.29 is 27.1 Å². The van der Waals surface area contributed by atoms with Gasteiger partial charge < -0.3 is 15.8 Å². The number of carbonyl (C=O) groups excluding carboxylic acids is 1. The molecule has 2 aromatic carbocycles. The van der Waals surface area contributed by atoms with Crippen LogP contribution < -0.4 is 15.8 Å². The topological polar surface area (TPSA) is 106 Å². The lowest BCUT2D eigenvalue weighted by molar-refractivity contribution is -0.139. The minimum atomic E-state index is -4.59. The molecule has 1 heterocycles. The summed E-state index contributed by atoms with van der Waals surface area (Å²) in [5.41, 5.74) is 6.10. The number of nitrogen functional groups attached to an aromatic ring is 1. The van der Waals surface area contributed by atoms with Gasteiger partial charge in [-0.2, -0.15) is 23.5 Å². The number of nitrogens with two attached hydrogens (primary N) is 1. The summed E-state index contributed by atoms with van der Waals surface area (Å²) in [6.07, 6.45) is -3.90. The maximum absolute atomic E-state index is 13.1. The van der Waals surface area contributed by atoms with E-state index in [0.717, 1.165) is 12.1 Å². The van der Waals surface area contributed by atoms with Crippen molar-refractivity contribution >= 4 is 11.7 Å². The fourth-order valence-electron chi connectivity index (χ4n) is 3.06. The first-order valence-corrected chi connectivity index (χ1v) is 9.80. The molecular formula is C22H19F4N5O2. The molecule has 0 aliphatic heterocycles. The molecule has 0 spiro atoms. The Morgan fingerprint density at radius 3 is 2.55 bits per heavy atom. The van der Waals surface area contributed by atoms with Crippen LogP contribution in [0.2, 0.25) is 0 Å². The molecule has 0 saturated heterocycles. The zero-order chi connectivity index (χ0) is 24.0. The average molecular weight is 461 g/mol. The molecular weight excluding hydrogens is 442 g/mol. The highest BCUT2D eigenvalue weighted by Crippen LogP contribution is 2.35. The first kappa shape index (κ1) is 23.6. The highest BCUT2D eigenvalue weighted by atomic mass is 19.4. The van der Waals surface area contributed by atoms with E-state index in [9.17, 15) is 27.6 Å². The number of rotatable bonds is 8. The van der Waals surface area contributed by atoms with Crippen LogP contribution in [0.25, 0.3) is 5.69 Å². The Morgan fingerprint density at radius 2 is 1.88 bits per heavy atom. The maximum Gasteiger partial charge on any atom is 0.419 e. The van der Waals surface area contributed by atoms with Crippen molar-refractivity contribution in [3.05, 3.63) is 71.2 Å². The number of benzene rings is 2. The number of ether oxygens (including phenoxy) is 1. The first-order valence-electron chi connectivity index (χ1n) is 9.80. The Bertz CT molecular complexity index is 1170. The third kappa shape index (κ3) is 5.79. The number of hydrogen-bond donors (Lipinski definition) is 2. The normalized spacial score (nSPS) is 11.1. The largest absolute Gasteiger partial charge is 0.483 e. The van der Waals surface area contributed by atoms with E-state index in [2.05, 4.69) is 10.4 Å². The third-order valence-corrected chi connectivity index (χ3v) is 4.64. The molecule has 1 amide bonds. The van der Waals surface area contributed by atoms with Gasteiger partial charge in [-0.25, -0.2) is 9.07 Å². The lowest BCUT2D eigenvalue weighted by Gasteiger charge is -2.13. The van der Waals surface area contributed by atoms with Gasteiger partial charge in [-0.1, -0.05) is 12.1 Å². The van der Waals surface area contributed by atoms with E-state index < -0.39 is 35.8 Å². The smallest absolute Gasteiger partial charge is 0.419 e. The highest BCUT2D eigenvalue weighted by Gasteiger charge is 2.34. The number of amides is 1. The van der Waals surface area contributed by atoms with Crippen molar-refractivity contribution in [2.75, 3.05) is 18.9 Å². The van der Waals surface area contributed by atoms with Gasteiger partial charge in [0.25, 0.3) is 5.91 Å². The lowest BCUT2D eigenvalue weighted by atomic mass is 10.1. The van der Waals surface area contributed by atoms with Crippen molar-refractivity contribution in [1.82, 2.24) is 15.1 Å². The summed E-state index contributed by atoms with van der Waals surface area (Å²) in [6, 6.07) is 12.0. The molecule has 0 aliphatic rings. The molecule has 11 heteroatoms. The summed E-state index contributed by atoms with van der Waals surface area (Å²) in [6.45, 7) is -0.403. The molecule has 1 aromatic heterocycles. The molecule has 0 radical (unpaired) electrons. The Balaban J connectivity index is 1.53. The van der Waals surface area contributed by atoms with E-state index in [4.69, 9.17) is 10.5 Å². The number of nitriles is 1. The predicted octanol–water partition coefficient (Wildman–Crippen LogP) is 3.61. The number of halogens is 4. The Kier molecular flexibility index (Phi) is 7.17. The van der Waals surface area contributed by atoms with E-state index in [-0.39, 0.29) is 17.9 Å². The highest BCUT2D eigenvalue weighted by molar-refractivity contribution is 5.77. The molecule has 0 saturated carbocycles. The SMILES string of the molecule is N#Cc1c(CCCNC(=O)COc2ccccc2C(F)(F)F)nn(-c2ccc(F)cc2)c1N. The number of hydrogen-bond acceptors (Lipinski definition) is 5. The van der Waals surface area contributed by atoms with Crippen molar-refractivity contribution in [3.8, 4) is 17.5 Å². The van der Waals surface area contributed by atoms with Crippen LogP contribution >= 0.6 is 0 Å². The molecule has 3 aromatic rings. The van der Waals surface area contributed by atoms with Gasteiger partial charge in [-0.05, 0) is 49.2 Å². The van der Waals surface area contributed by atoms with E-state index >= 15 is 0 Å². The number of para-hydroxylation sites is 1. The van der Waals surface area contributed by atoms with E-state index in [1.54, 1.807) is 0 Å². The number of carbonyl (C=O) groups is 1. The average Bonchev–Trinajstić information content (AvgIpc) is 3.10. The summed E-state index contributed by atoms with van der Waals surface area (Å²) in [4.78, 5) is 11.9. The second-order valence-corrected chi connectivity index (χ2v) is 6.94. The fourth-order valence-corrected chi connectivity index (χ4v) is 3.06. The third-order valence-electron chi connectivity index (χ3n) is 4.64. The molecule has 0 bridgehead atoms. The zero-order valence-corrected chi connectivity index (χ0v) is 17.2. The summed E-state index contributed by atoms with van der Waals surface area (Å²) >= 11 is 0. The molecule has 0 fully saturated rings. The molecule has 7 nitrogen and oxygen atoms in total. The molecule has 0 atom stereocenters. The summed E-state index contributed by atoms with van der Waals surface area (Å²) < 4.78 is 58.4. The molecule has 3 rings (SSSR count). The van der Waals surface area contributed by atoms with Gasteiger partial charge in [0.15, 0.2) is 6.61 Å². The minimum Gasteiger partial charge on any atom is -0.483 e. The van der Waals surface area contributed by atoms with Gasteiger partial charge in [0.05, 0.1) is 16.9 Å². The Hall–Kier alpha value is -4.07. The summed E-state index contributed by atoms with van der Waals surface area (Å²) in [5, 5.41) is 16.2. The number of aryl methyl sites for hydroxylation is 1. The van der Waals surface area contributed by atoms with Crippen LogP contribution in [0.4, 0.5) is 23.4 Å². The molecule has 3 N–H and O–H groups in total. The van der Waals surface area contributed by atoms with Gasteiger partial charge in [0.2, 0.25) is 0 Å². The van der Waals surface area contributed by atoms with Crippen LogP contribution in [0, 0.1) is 17.1 Å². The monoisotopic (exact) mass is 461 g/mol. The van der Waals surface area contributed by atoms with Crippen LogP contribution in [0.1, 0.15) is 23.2 Å². The number of anilines is 1. The van der Waals surface area contributed by atoms with Gasteiger partial charge in [0, 0.05) is 6.54 Å². The predicted molar refractivity (Wildman–Crippen MR) is 111 cm³/mol. The number of nitrogens with zero attached hydrogens (tertiary/aromatic N) is 3. The zero-order valence-electron chi connectivity index (χ0n) is 17.2. The Labute approximate surface area is 186 Å². The van der Waals surface area contributed by atoms with E-state index in [0.29, 0.717) is 24.2 Å². The van der Waals surface area contributed by atoms with Gasteiger partial charge in [-0.3, -0.25) is 4.79 Å². The molecule has 33 heavy (non-hydrogen) atoms. The maximum atomic E-state index is 13.1. The first-order chi connectivity index (χ1) is 15.7. The number of nitrogens with one attached hydrogen (secondary N) is 1. The van der Waals surface area contributed by atoms with Crippen LogP contribution in [-0.4, -0.2) is 28.8 Å². The number of alkyl halides is 3. The Morgan fingerprint density at radius 1 is 1.18 bits per heavy atom. The van der Waals surface area contributed by atoms with Crippen LogP contribution in [0.5, 0.6) is 5.75 Å². The fraction of sp³-hybridized carbons (Fsp3) is 0.227. The van der Waals surface area contributed by atoms with Crippen LogP contribution in [0.3, 0.4) is 0 Å². The van der Waals surface area contributed by atoms with Gasteiger partial charge in [0.1, 0.15) is 29.0 Å². The second-order valence-electron chi connectivity index (χ2n) is 6.94. The number of aromatic nitrogens is 2. The van der Waals surface area contributed by atoms with Gasteiger partial charge >= 0.3 is 6.18 Å². The quantitative estimate of drug-likeness (QED) is 0.394. The van der Waals surface area contributed by atoms with Crippen molar-refractivity contribution in [2.24, 2.45) is 0 Å². The summed E-state index contributed by atoms with van der Waals surface area (Å²) in [5.74, 6) is -1.34. The van der Waals surface area contributed by atoms with Crippen molar-refractivity contribution in [3.63, 3.8) is 0 Å². The second kappa shape index (κ2) is 10.0. The van der Waals surface area contributed by atoms with E-state index in [1.165, 1.54) is 41.1 Å². The van der Waals surface area contributed by atoms with Crippen LogP contribution in [-0.2, 0) is 17.4 Å². The lowest BCUT2D eigenvalue weighted by Crippen LogP contribution is -2.30. The van der Waals surface area contributed by atoms with E-state index in [1.807, 2.05) is 6.07 Å². The van der Waals surface area contributed by atoms with Crippen LogP contribution in [0.15, 0.2) is 48.5 Å². The minimum absolute atomic E-state index is 0.111. The van der Waals surface area contributed by atoms with Gasteiger partial charge in [-0.15, -0.1) is 0 Å².